The van der Waals surface area contributed by atoms with Crippen molar-refractivity contribution < 1.29 is 29.1 Å². The fourth-order valence-electron chi connectivity index (χ4n) is 5.68. The summed E-state index contributed by atoms with van der Waals surface area (Å²) < 4.78 is 18.6. The van der Waals surface area contributed by atoms with E-state index in [1.807, 2.05) is 20.8 Å². The first kappa shape index (κ1) is 20.0. The third kappa shape index (κ3) is 3.35. The zero-order chi connectivity index (χ0) is 19.4. The van der Waals surface area contributed by atoms with Gasteiger partial charge in [-0.25, -0.2) is 9.78 Å². The zero-order valence-electron chi connectivity index (χ0n) is 17.1. The van der Waals surface area contributed by atoms with Crippen molar-refractivity contribution in [2.75, 3.05) is 6.61 Å². The smallest absolute Gasteiger partial charge is 0.201 e. The molecule has 4 saturated heterocycles. The molecular weight excluding hydrogens is 350 g/mol. The molecule has 0 aromatic heterocycles. The Bertz CT molecular complexity index is 547. The summed E-state index contributed by atoms with van der Waals surface area (Å²) >= 11 is 0. The van der Waals surface area contributed by atoms with Crippen molar-refractivity contribution in [1.29, 1.82) is 0 Å². The average Bonchev–Trinajstić information content (AvgIpc) is 2.82. The number of aliphatic hydroxyl groups excluding tert-OH is 1. The van der Waals surface area contributed by atoms with E-state index in [1.54, 1.807) is 0 Å². The largest absolute Gasteiger partial charge is 0.376 e. The molecule has 27 heavy (non-hydrogen) atoms. The van der Waals surface area contributed by atoms with Crippen molar-refractivity contribution in [3.05, 3.63) is 0 Å². The van der Waals surface area contributed by atoms with E-state index in [9.17, 15) is 5.11 Å². The Morgan fingerprint density at radius 1 is 1.15 bits per heavy atom. The number of hydrogen-bond acceptors (Lipinski definition) is 7. The minimum atomic E-state index is -0.776. The highest BCUT2D eigenvalue weighted by Crippen LogP contribution is 2.60. The number of nitrogens with one attached hydrogen (secondary N) is 1. The Kier molecular flexibility index (Phi) is 5.34. The molecule has 0 radical (unpaired) electrons. The van der Waals surface area contributed by atoms with E-state index in [-0.39, 0.29) is 24.5 Å². The first-order valence-electron chi connectivity index (χ1n) is 10.5. The number of rotatable bonds is 5. The molecule has 2 bridgehead atoms. The van der Waals surface area contributed by atoms with Gasteiger partial charge in [0.1, 0.15) is 6.23 Å². The summed E-state index contributed by atoms with van der Waals surface area (Å²) in [6, 6.07) is 0.184. The molecule has 7 heteroatoms. The van der Waals surface area contributed by atoms with Crippen molar-refractivity contribution in [2.45, 2.75) is 96.5 Å². The van der Waals surface area contributed by atoms with Gasteiger partial charge >= 0.3 is 0 Å². The van der Waals surface area contributed by atoms with Crippen LogP contribution < -0.4 is 5.32 Å². The van der Waals surface area contributed by atoms with Crippen LogP contribution in [0.3, 0.4) is 0 Å². The highest BCUT2D eigenvalue weighted by molar-refractivity contribution is 5.09. The Morgan fingerprint density at radius 2 is 1.93 bits per heavy atom. The van der Waals surface area contributed by atoms with E-state index in [0.717, 1.165) is 19.3 Å². The van der Waals surface area contributed by atoms with Crippen LogP contribution in [0.5, 0.6) is 0 Å². The highest BCUT2D eigenvalue weighted by Gasteiger charge is 2.69. The Balaban J connectivity index is 1.55. The molecule has 9 atom stereocenters. The van der Waals surface area contributed by atoms with E-state index in [1.165, 1.54) is 6.42 Å². The van der Waals surface area contributed by atoms with Crippen molar-refractivity contribution in [3.8, 4) is 0 Å². The van der Waals surface area contributed by atoms with E-state index in [2.05, 4.69) is 19.2 Å². The zero-order valence-corrected chi connectivity index (χ0v) is 17.1. The number of hydrogen-bond donors (Lipinski definition) is 2. The summed E-state index contributed by atoms with van der Waals surface area (Å²) in [5.41, 5.74) is -0.568. The van der Waals surface area contributed by atoms with Crippen molar-refractivity contribution in [3.63, 3.8) is 0 Å². The van der Waals surface area contributed by atoms with Gasteiger partial charge in [0.05, 0.1) is 6.61 Å². The molecular formula is C20H35NO6. The molecule has 4 heterocycles. The third-order valence-electron chi connectivity index (χ3n) is 7.04. The lowest BCUT2D eigenvalue weighted by Crippen LogP contribution is -2.70. The minimum absolute atomic E-state index is 0.122. The summed E-state index contributed by atoms with van der Waals surface area (Å²) in [5.74, 6) is 0.475. The predicted octanol–water partition coefficient (Wildman–Crippen LogP) is 2.53. The van der Waals surface area contributed by atoms with Gasteiger partial charge in [0.2, 0.25) is 5.79 Å². The maximum atomic E-state index is 10.1. The van der Waals surface area contributed by atoms with Crippen LogP contribution >= 0.6 is 0 Å². The molecule has 4 aliphatic heterocycles. The van der Waals surface area contributed by atoms with Crippen LogP contribution in [0.4, 0.5) is 0 Å². The van der Waals surface area contributed by atoms with Crippen LogP contribution in [-0.2, 0) is 24.0 Å². The number of fused-ring (bicyclic) bond motifs is 2. The summed E-state index contributed by atoms with van der Waals surface area (Å²) in [7, 11) is 0. The molecule has 1 unspecified atom stereocenters. The van der Waals surface area contributed by atoms with Gasteiger partial charge in [0.25, 0.3) is 0 Å². The van der Waals surface area contributed by atoms with Crippen molar-refractivity contribution >= 4 is 0 Å². The summed E-state index contributed by atoms with van der Waals surface area (Å²) in [5, 5.41) is 13.1. The number of ether oxygens (including phenoxy) is 3. The molecule has 5 rings (SSSR count). The predicted molar refractivity (Wildman–Crippen MR) is 97.1 cm³/mol. The van der Waals surface area contributed by atoms with Gasteiger partial charge in [-0.05, 0) is 51.9 Å². The first-order valence-corrected chi connectivity index (χ1v) is 10.5. The Labute approximate surface area is 161 Å². The lowest BCUT2D eigenvalue weighted by atomic mass is 9.58. The molecule has 1 aliphatic carbocycles. The lowest BCUT2D eigenvalue weighted by molar-refractivity contribution is -0.577. The van der Waals surface area contributed by atoms with Gasteiger partial charge in [-0.2, -0.15) is 0 Å². The first-order chi connectivity index (χ1) is 12.7. The van der Waals surface area contributed by atoms with Gasteiger partial charge in [-0.3, -0.25) is 5.32 Å². The highest BCUT2D eigenvalue weighted by atomic mass is 17.3. The molecule has 2 N–H and O–H groups in total. The second kappa shape index (κ2) is 7.20. The van der Waals surface area contributed by atoms with Crippen LogP contribution in [0.15, 0.2) is 0 Å². The van der Waals surface area contributed by atoms with Crippen LogP contribution in [0, 0.1) is 23.7 Å². The normalized spacial score (nSPS) is 50.3. The minimum Gasteiger partial charge on any atom is -0.376 e. The Hall–Kier alpha value is -0.280. The van der Waals surface area contributed by atoms with Crippen LogP contribution in [0.1, 0.15) is 60.3 Å². The molecule has 0 aromatic carbocycles. The molecule has 5 aliphatic rings. The maximum Gasteiger partial charge on any atom is 0.201 e. The summed E-state index contributed by atoms with van der Waals surface area (Å²) in [4.78, 5) is 11.9. The third-order valence-corrected chi connectivity index (χ3v) is 7.04. The average molecular weight is 386 g/mol. The lowest BCUT2D eigenvalue weighted by Gasteiger charge is -2.60. The van der Waals surface area contributed by atoms with E-state index in [0.29, 0.717) is 11.8 Å². The molecule has 1 saturated carbocycles. The standard InChI is InChI=1S/C20H35NO6/c1-11(2)21-16(22)10-23-17-13(4)15-7-6-12(3)14-8-9-19(5)25-18(24-17)20(14,15)27-26-19/h11-18,21-22H,6-10H2,1-5H3/t12-,13-,14+,15+,16?,17+,18-,19-,20-/m1/s1. The Morgan fingerprint density at radius 3 is 2.67 bits per heavy atom. The molecule has 7 nitrogen and oxygen atoms in total. The number of aliphatic hydroxyl groups is 1. The maximum absolute atomic E-state index is 10.1. The SMILES string of the molecule is CC(C)NC(O)CO[C@H]1O[C@@H]2O[C@@]3(C)CC[C@H]4[C@H](C)CC[C@@H]([C@H]1C)[C@@]24OO3. The topological polar surface area (TPSA) is 78.4 Å². The van der Waals surface area contributed by atoms with Crippen molar-refractivity contribution in [2.24, 2.45) is 23.7 Å². The van der Waals surface area contributed by atoms with E-state index in [4.69, 9.17) is 24.0 Å². The second-order valence-electron chi connectivity index (χ2n) is 9.44. The van der Waals surface area contributed by atoms with Gasteiger partial charge in [0, 0.05) is 24.3 Å². The second-order valence-corrected chi connectivity index (χ2v) is 9.44. The molecule has 5 fully saturated rings. The molecule has 156 valence electrons. The molecule has 1 spiro atoms. The van der Waals surface area contributed by atoms with E-state index >= 15 is 0 Å². The van der Waals surface area contributed by atoms with Gasteiger partial charge < -0.3 is 19.3 Å². The van der Waals surface area contributed by atoms with Crippen LogP contribution in [0.25, 0.3) is 0 Å². The van der Waals surface area contributed by atoms with Gasteiger partial charge in [0.15, 0.2) is 18.2 Å². The monoisotopic (exact) mass is 385 g/mol. The molecule has 0 amide bonds. The van der Waals surface area contributed by atoms with Gasteiger partial charge in [-0.1, -0.05) is 13.8 Å². The summed E-state index contributed by atoms with van der Waals surface area (Å²) in [6.07, 6.45) is 2.35. The summed E-state index contributed by atoms with van der Waals surface area (Å²) in [6.45, 7) is 10.5. The quantitative estimate of drug-likeness (QED) is 0.556. The van der Waals surface area contributed by atoms with Gasteiger partial charge in [-0.15, -0.1) is 0 Å². The van der Waals surface area contributed by atoms with Crippen LogP contribution in [-0.4, -0.2) is 48.0 Å². The van der Waals surface area contributed by atoms with E-state index < -0.39 is 30.2 Å². The molecule has 0 aromatic rings. The van der Waals surface area contributed by atoms with Crippen molar-refractivity contribution in [1.82, 2.24) is 5.32 Å². The fraction of sp³-hybridized carbons (Fsp3) is 1.00. The van der Waals surface area contributed by atoms with Crippen LogP contribution in [0.2, 0.25) is 0 Å². The fourth-order valence-corrected chi connectivity index (χ4v) is 5.68.